The summed E-state index contributed by atoms with van der Waals surface area (Å²) in [5.74, 6) is -0.781. The number of aliphatic hydroxyl groups is 1. The lowest BCUT2D eigenvalue weighted by Gasteiger charge is -2.30. The third kappa shape index (κ3) is 3.65. The van der Waals surface area contributed by atoms with Crippen molar-refractivity contribution in [2.75, 3.05) is 13.3 Å². The van der Waals surface area contributed by atoms with Gasteiger partial charge in [-0.3, -0.25) is 15.0 Å². The van der Waals surface area contributed by atoms with E-state index in [2.05, 4.69) is 12.2 Å². The maximum absolute atomic E-state index is 14.0. The number of rotatable bonds is 6. The lowest BCUT2D eigenvalue weighted by Crippen LogP contribution is -2.49. The normalized spacial score (nSPS) is 28.1. The molecule has 0 radical (unpaired) electrons. The molecule has 1 amide bonds. The molecular weight excluding hydrogens is 261 g/mol. The average molecular weight is 283 g/mol. The van der Waals surface area contributed by atoms with Crippen molar-refractivity contribution in [3.8, 4) is 0 Å². The zero-order valence-electron chi connectivity index (χ0n) is 11.7. The first-order valence-electron chi connectivity index (χ1n) is 6.88. The van der Waals surface area contributed by atoms with Gasteiger partial charge in [-0.15, -0.1) is 0 Å². The molecule has 6 heteroatoms. The van der Waals surface area contributed by atoms with Gasteiger partial charge >= 0.3 is 0 Å². The molecule has 0 aromatic rings. The number of amides is 1. The fourth-order valence-electron chi connectivity index (χ4n) is 2.25. The van der Waals surface area contributed by atoms with Gasteiger partial charge in [0.2, 0.25) is 5.91 Å². The number of primary amides is 1. The van der Waals surface area contributed by atoms with Crippen LogP contribution < -0.4 is 11.1 Å². The van der Waals surface area contributed by atoms with Crippen LogP contribution in [0.2, 0.25) is 0 Å². The van der Waals surface area contributed by atoms with Gasteiger partial charge in [0, 0.05) is 6.54 Å². The molecule has 0 saturated heterocycles. The first-order chi connectivity index (χ1) is 9.45. The number of halogens is 1. The van der Waals surface area contributed by atoms with Gasteiger partial charge in [0.1, 0.15) is 0 Å². The van der Waals surface area contributed by atoms with E-state index in [1.54, 1.807) is 17.1 Å². The topological polar surface area (TPSA) is 78.6 Å². The van der Waals surface area contributed by atoms with Crippen LogP contribution >= 0.6 is 0 Å². The number of hydrogen-bond acceptors (Lipinski definition) is 4. The molecule has 1 aliphatic carbocycles. The molecule has 112 valence electrons. The molecule has 2 unspecified atom stereocenters. The highest BCUT2D eigenvalue weighted by atomic mass is 19.1. The minimum atomic E-state index is -1.63. The van der Waals surface area contributed by atoms with Gasteiger partial charge < -0.3 is 10.8 Å². The van der Waals surface area contributed by atoms with Crippen molar-refractivity contribution >= 4 is 5.91 Å². The number of aliphatic hydroxyl groups excluding tert-OH is 1. The monoisotopic (exact) mass is 283 g/mol. The van der Waals surface area contributed by atoms with Gasteiger partial charge in [-0.1, -0.05) is 19.1 Å². The molecule has 2 atom stereocenters. The van der Waals surface area contributed by atoms with Gasteiger partial charge in [0.15, 0.2) is 6.30 Å². The van der Waals surface area contributed by atoms with E-state index in [0.717, 1.165) is 6.42 Å². The molecule has 2 aliphatic rings. The van der Waals surface area contributed by atoms with E-state index in [9.17, 15) is 14.3 Å². The zero-order chi connectivity index (χ0) is 14.8. The van der Waals surface area contributed by atoms with E-state index in [0.29, 0.717) is 12.0 Å². The Bertz CT molecular complexity index is 432. The second kappa shape index (κ2) is 6.03. The summed E-state index contributed by atoms with van der Waals surface area (Å²) in [6.45, 7) is 2.72. The van der Waals surface area contributed by atoms with E-state index in [4.69, 9.17) is 5.73 Å². The number of carbonyl (C=O) groups excluding carboxylic acids is 1. The number of nitrogens with two attached hydrogens (primary N) is 1. The number of carbonyl (C=O) groups is 1. The maximum atomic E-state index is 14.0. The fraction of sp³-hybridized carbons (Fsp3) is 0.643. The minimum Gasteiger partial charge on any atom is -0.381 e. The van der Waals surface area contributed by atoms with Gasteiger partial charge in [0.25, 0.3) is 0 Å². The zero-order valence-corrected chi connectivity index (χ0v) is 11.7. The molecule has 1 heterocycles. The Morgan fingerprint density at radius 2 is 2.35 bits per heavy atom. The van der Waals surface area contributed by atoms with E-state index < -0.39 is 18.4 Å². The van der Waals surface area contributed by atoms with Crippen molar-refractivity contribution in [1.82, 2.24) is 10.2 Å². The van der Waals surface area contributed by atoms with Crippen molar-refractivity contribution in [3.05, 3.63) is 23.8 Å². The lowest BCUT2D eigenvalue weighted by molar-refractivity contribution is -0.115. The second-order valence-corrected chi connectivity index (χ2v) is 5.86. The van der Waals surface area contributed by atoms with Crippen LogP contribution in [-0.4, -0.2) is 41.7 Å². The quantitative estimate of drug-likeness (QED) is 0.493. The van der Waals surface area contributed by atoms with Crippen LogP contribution in [0.25, 0.3) is 0 Å². The lowest BCUT2D eigenvalue weighted by atomic mass is 10.1. The average Bonchev–Trinajstić information content (AvgIpc) is 3.14. The highest BCUT2D eigenvalue weighted by Crippen LogP contribution is 2.48. The SMILES string of the molecule is CC1(CCN(CO)C2C=CC=C(C(N)=O)C(F)N2)CC1. The van der Waals surface area contributed by atoms with Crippen LogP contribution in [0.3, 0.4) is 0 Å². The van der Waals surface area contributed by atoms with Gasteiger partial charge in [0.05, 0.1) is 18.5 Å². The summed E-state index contributed by atoms with van der Waals surface area (Å²) in [6, 6.07) is 0. The standard InChI is InChI=1S/C14H22FN3O2/c1-14(5-6-14)7-8-18(9-19)11-4-2-3-10(13(16)20)12(15)17-11/h2-4,11-12,17,19H,5-9H2,1H3,(H2,16,20). The van der Waals surface area contributed by atoms with E-state index >= 15 is 0 Å². The Morgan fingerprint density at radius 3 is 2.90 bits per heavy atom. The van der Waals surface area contributed by atoms with Crippen LogP contribution in [-0.2, 0) is 4.79 Å². The van der Waals surface area contributed by atoms with Crippen LogP contribution in [0.5, 0.6) is 0 Å². The molecule has 1 fully saturated rings. The fourth-order valence-corrected chi connectivity index (χ4v) is 2.25. The molecule has 4 N–H and O–H groups in total. The summed E-state index contributed by atoms with van der Waals surface area (Å²) in [6.07, 6.45) is 5.99. The first kappa shape index (κ1) is 15.2. The largest absolute Gasteiger partial charge is 0.381 e. The van der Waals surface area contributed by atoms with Crippen LogP contribution in [0.1, 0.15) is 26.2 Å². The summed E-state index contributed by atoms with van der Waals surface area (Å²) >= 11 is 0. The summed E-state index contributed by atoms with van der Waals surface area (Å²) in [5, 5.41) is 12.1. The Hall–Kier alpha value is -1.24. The second-order valence-electron chi connectivity index (χ2n) is 5.86. The molecule has 1 saturated carbocycles. The van der Waals surface area contributed by atoms with Crippen molar-refractivity contribution in [1.29, 1.82) is 0 Å². The summed E-state index contributed by atoms with van der Waals surface area (Å²) in [7, 11) is 0. The Labute approximate surface area is 118 Å². The molecule has 5 nitrogen and oxygen atoms in total. The molecule has 20 heavy (non-hydrogen) atoms. The smallest absolute Gasteiger partial charge is 0.248 e. The van der Waals surface area contributed by atoms with E-state index in [-0.39, 0.29) is 12.3 Å². The number of nitrogens with one attached hydrogen (secondary N) is 1. The number of nitrogens with zero attached hydrogens (tertiary/aromatic N) is 1. The predicted octanol–water partition coefficient (Wildman–Crippen LogP) is 0.621. The minimum absolute atomic E-state index is 0.101. The highest BCUT2D eigenvalue weighted by Gasteiger charge is 2.37. The molecule has 0 aromatic heterocycles. The third-order valence-electron chi connectivity index (χ3n) is 4.13. The molecule has 0 bridgehead atoms. The number of hydrogen-bond donors (Lipinski definition) is 3. The maximum Gasteiger partial charge on any atom is 0.248 e. The molecule has 1 aliphatic heterocycles. The van der Waals surface area contributed by atoms with Crippen molar-refractivity contribution in [2.24, 2.45) is 11.1 Å². The molecular formula is C14H22FN3O2. The van der Waals surface area contributed by atoms with E-state index in [1.165, 1.54) is 18.9 Å². The summed E-state index contributed by atoms with van der Waals surface area (Å²) in [4.78, 5) is 12.8. The number of allylic oxidation sites excluding steroid dienone is 2. The van der Waals surface area contributed by atoms with Crippen LogP contribution in [0, 0.1) is 5.41 Å². The van der Waals surface area contributed by atoms with Crippen LogP contribution in [0.4, 0.5) is 4.39 Å². The summed E-state index contributed by atoms with van der Waals surface area (Å²) in [5.41, 5.74) is 5.39. The molecule has 0 spiro atoms. The Balaban J connectivity index is 1.96. The Kier molecular flexibility index (Phi) is 4.57. The van der Waals surface area contributed by atoms with E-state index in [1.807, 2.05) is 0 Å². The van der Waals surface area contributed by atoms with Gasteiger partial charge in [-0.05, 0) is 30.8 Å². The van der Waals surface area contributed by atoms with Crippen molar-refractivity contribution < 1.29 is 14.3 Å². The van der Waals surface area contributed by atoms with Gasteiger partial charge in [-0.25, -0.2) is 4.39 Å². The van der Waals surface area contributed by atoms with Crippen LogP contribution in [0.15, 0.2) is 23.8 Å². The Morgan fingerprint density at radius 1 is 1.65 bits per heavy atom. The molecule has 0 aromatic carbocycles. The summed E-state index contributed by atoms with van der Waals surface area (Å²) < 4.78 is 14.0. The number of alkyl halides is 1. The predicted molar refractivity (Wildman–Crippen MR) is 74.0 cm³/mol. The molecule has 2 rings (SSSR count). The first-order valence-corrected chi connectivity index (χ1v) is 6.88. The van der Waals surface area contributed by atoms with Crippen molar-refractivity contribution in [3.63, 3.8) is 0 Å². The highest BCUT2D eigenvalue weighted by molar-refractivity contribution is 5.93. The van der Waals surface area contributed by atoms with Crippen molar-refractivity contribution in [2.45, 2.75) is 38.6 Å². The van der Waals surface area contributed by atoms with Gasteiger partial charge in [-0.2, -0.15) is 0 Å². The third-order valence-corrected chi connectivity index (χ3v) is 4.13.